The lowest BCUT2D eigenvalue weighted by Gasteiger charge is -2.20. The minimum absolute atomic E-state index is 0.0871. The van der Waals surface area contributed by atoms with Crippen molar-refractivity contribution in [1.82, 2.24) is 4.98 Å². The molecule has 0 unspecified atom stereocenters. The zero-order valence-electron chi connectivity index (χ0n) is 14.0. The number of benzene rings is 2. The lowest BCUT2D eigenvalue weighted by Crippen LogP contribution is -2.18. The first kappa shape index (κ1) is 16.2. The summed E-state index contributed by atoms with van der Waals surface area (Å²) in [5.41, 5.74) is 10.5. The summed E-state index contributed by atoms with van der Waals surface area (Å²) in [5, 5.41) is 5.69. The van der Waals surface area contributed by atoms with Gasteiger partial charge in [0.25, 0.3) is 0 Å². The minimum Gasteiger partial charge on any atom is -0.359 e. The maximum absolute atomic E-state index is 6.01. The SMILES string of the molecule is C=C(Nc1ccc2cnccc2c1)[C@@H](CN)c1ccc(CC)cc1. The van der Waals surface area contributed by atoms with Gasteiger partial charge in [0.15, 0.2) is 0 Å². The Morgan fingerprint density at radius 1 is 1.12 bits per heavy atom. The van der Waals surface area contributed by atoms with Crippen molar-refractivity contribution in [2.75, 3.05) is 11.9 Å². The molecule has 0 aliphatic heterocycles. The van der Waals surface area contributed by atoms with E-state index in [2.05, 4.69) is 60.2 Å². The van der Waals surface area contributed by atoms with Crippen LogP contribution in [0.1, 0.15) is 24.0 Å². The second-order valence-electron chi connectivity index (χ2n) is 5.97. The lowest BCUT2D eigenvalue weighted by atomic mass is 9.94. The topological polar surface area (TPSA) is 50.9 Å². The maximum atomic E-state index is 6.01. The van der Waals surface area contributed by atoms with E-state index in [9.17, 15) is 0 Å². The molecule has 0 aliphatic rings. The molecule has 3 heteroatoms. The summed E-state index contributed by atoms with van der Waals surface area (Å²) in [5.74, 6) is 0.0871. The van der Waals surface area contributed by atoms with Crippen LogP contribution in [0, 0.1) is 0 Å². The molecule has 3 rings (SSSR count). The van der Waals surface area contributed by atoms with Crippen LogP contribution in [-0.4, -0.2) is 11.5 Å². The molecule has 24 heavy (non-hydrogen) atoms. The first-order valence-corrected chi connectivity index (χ1v) is 8.29. The Bertz CT molecular complexity index is 837. The van der Waals surface area contributed by atoms with Crippen LogP contribution in [0.5, 0.6) is 0 Å². The highest BCUT2D eigenvalue weighted by Gasteiger charge is 2.14. The van der Waals surface area contributed by atoms with Crippen LogP contribution in [-0.2, 0) is 6.42 Å². The fraction of sp³-hybridized carbons (Fsp3) is 0.190. The second-order valence-corrected chi connectivity index (χ2v) is 5.97. The number of rotatable bonds is 6. The molecule has 1 heterocycles. The molecule has 0 radical (unpaired) electrons. The minimum atomic E-state index is 0.0871. The van der Waals surface area contributed by atoms with E-state index >= 15 is 0 Å². The van der Waals surface area contributed by atoms with Crippen molar-refractivity contribution in [1.29, 1.82) is 0 Å². The quantitative estimate of drug-likeness (QED) is 0.705. The molecule has 3 nitrogen and oxygen atoms in total. The molecule has 0 saturated heterocycles. The molecule has 0 bridgehead atoms. The van der Waals surface area contributed by atoms with Gasteiger partial charge in [0.1, 0.15) is 0 Å². The molecule has 1 aromatic heterocycles. The zero-order valence-corrected chi connectivity index (χ0v) is 14.0. The average molecular weight is 317 g/mol. The number of fused-ring (bicyclic) bond motifs is 1. The summed E-state index contributed by atoms with van der Waals surface area (Å²) in [6.45, 7) is 6.90. The van der Waals surface area contributed by atoms with Gasteiger partial charge >= 0.3 is 0 Å². The van der Waals surface area contributed by atoms with Gasteiger partial charge in [0.05, 0.1) is 0 Å². The number of nitrogens with zero attached hydrogens (tertiary/aromatic N) is 1. The van der Waals surface area contributed by atoms with Gasteiger partial charge in [-0.1, -0.05) is 43.8 Å². The summed E-state index contributed by atoms with van der Waals surface area (Å²) in [4.78, 5) is 4.14. The Labute approximate surface area is 143 Å². The molecule has 0 spiro atoms. The van der Waals surface area contributed by atoms with Gasteiger partial charge < -0.3 is 11.1 Å². The largest absolute Gasteiger partial charge is 0.359 e. The van der Waals surface area contributed by atoms with Gasteiger partial charge in [0, 0.05) is 41.6 Å². The lowest BCUT2D eigenvalue weighted by molar-refractivity contribution is 0.806. The number of pyridine rings is 1. The Balaban J connectivity index is 1.79. The van der Waals surface area contributed by atoms with E-state index in [1.54, 1.807) is 6.20 Å². The van der Waals surface area contributed by atoms with Gasteiger partial charge in [-0.05, 0) is 41.1 Å². The van der Waals surface area contributed by atoms with E-state index in [0.717, 1.165) is 28.6 Å². The summed E-state index contributed by atoms with van der Waals surface area (Å²) in [6, 6.07) is 16.8. The van der Waals surface area contributed by atoms with Crippen LogP contribution < -0.4 is 11.1 Å². The van der Waals surface area contributed by atoms with Crippen molar-refractivity contribution in [3.8, 4) is 0 Å². The standard InChI is InChI=1S/C21H23N3/c1-3-16-4-6-17(7-5-16)21(13-22)15(2)24-20-9-8-19-14-23-11-10-18(19)12-20/h4-12,14,21,24H,2-3,13,22H2,1H3/t21-/m1/s1. The first-order valence-electron chi connectivity index (χ1n) is 8.29. The molecule has 0 amide bonds. The first-order chi connectivity index (χ1) is 11.7. The molecule has 3 N–H and O–H groups in total. The molecular formula is C21H23N3. The Morgan fingerprint density at radius 2 is 1.92 bits per heavy atom. The molecule has 122 valence electrons. The number of hydrogen-bond acceptors (Lipinski definition) is 3. The molecule has 1 atom stereocenters. The van der Waals surface area contributed by atoms with Crippen molar-refractivity contribution in [3.05, 3.63) is 84.3 Å². The normalized spacial score (nSPS) is 12.1. The van der Waals surface area contributed by atoms with E-state index in [0.29, 0.717) is 6.54 Å². The third kappa shape index (κ3) is 3.47. The Hall–Kier alpha value is -2.65. The number of anilines is 1. The fourth-order valence-corrected chi connectivity index (χ4v) is 2.90. The van der Waals surface area contributed by atoms with E-state index < -0.39 is 0 Å². The highest BCUT2D eigenvalue weighted by molar-refractivity contribution is 5.85. The molecule has 0 fully saturated rings. The van der Waals surface area contributed by atoms with E-state index in [1.807, 2.05) is 18.3 Å². The van der Waals surface area contributed by atoms with E-state index in [-0.39, 0.29) is 5.92 Å². The number of aromatic nitrogens is 1. The summed E-state index contributed by atoms with van der Waals surface area (Å²) in [6.07, 6.45) is 4.71. The number of nitrogens with two attached hydrogens (primary N) is 1. The molecule has 2 aromatic carbocycles. The van der Waals surface area contributed by atoms with Crippen LogP contribution >= 0.6 is 0 Å². The fourth-order valence-electron chi connectivity index (χ4n) is 2.90. The van der Waals surface area contributed by atoms with Gasteiger partial charge in [0.2, 0.25) is 0 Å². The zero-order chi connectivity index (χ0) is 16.9. The van der Waals surface area contributed by atoms with Gasteiger partial charge in [-0.25, -0.2) is 0 Å². The van der Waals surface area contributed by atoms with Crippen molar-refractivity contribution < 1.29 is 0 Å². The highest BCUT2D eigenvalue weighted by atomic mass is 14.9. The average Bonchev–Trinajstić information content (AvgIpc) is 2.63. The Morgan fingerprint density at radius 3 is 2.62 bits per heavy atom. The summed E-state index contributed by atoms with van der Waals surface area (Å²) in [7, 11) is 0. The monoisotopic (exact) mass is 317 g/mol. The summed E-state index contributed by atoms with van der Waals surface area (Å²) < 4.78 is 0. The predicted octanol–water partition coefficient (Wildman–Crippen LogP) is 4.47. The predicted molar refractivity (Wildman–Crippen MR) is 102 cm³/mol. The number of aryl methyl sites for hydroxylation is 1. The van der Waals surface area contributed by atoms with Crippen LogP contribution in [0.15, 0.2) is 73.2 Å². The van der Waals surface area contributed by atoms with Gasteiger partial charge in [-0.3, -0.25) is 4.98 Å². The third-order valence-corrected chi connectivity index (χ3v) is 4.39. The van der Waals surface area contributed by atoms with Crippen LogP contribution in [0.4, 0.5) is 5.69 Å². The second kappa shape index (κ2) is 7.28. The summed E-state index contributed by atoms with van der Waals surface area (Å²) >= 11 is 0. The molecule has 0 saturated carbocycles. The van der Waals surface area contributed by atoms with Crippen molar-refractivity contribution >= 4 is 16.5 Å². The van der Waals surface area contributed by atoms with Crippen LogP contribution in [0.2, 0.25) is 0 Å². The van der Waals surface area contributed by atoms with Crippen LogP contribution in [0.25, 0.3) is 10.8 Å². The smallest absolute Gasteiger partial charge is 0.0388 e. The highest BCUT2D eigenvalue weighted by Crippen LogP contribution is 2.26. The van der Waals surface area contributed by atoms with E-state index in [4.69, 9.17) is 5.73 Å². The number of nitrogens with one attached hydrogen (secondary N) is 1. The van der Waals surface area contributed by atoms with Crippen molar-refractivity contribution in [3.63, 3.8) is 0 Å². The molecule has 0 aliphatic carbocycles. The van der Waals surface area contributed by atoms with Crippen LogP contribution in [0.3, 0.4) is 0 Å². The van der Waals surface area contributed by atoms with Gasteiger partial charge in [-0.2, -0.15) is 0 Å². The number of hydrogen-bond donors (Lipinski definition) is 2. The molecule has 3 aromatic rings. The Kier molecular flexibility index (Phi) is 4.92. The van der Waals surface area contributed by atoms with E-state index in [1.165, 1.54) is 11.1 Å². The van der Waals surface area contributed by atoms with Crippen molar-refractivity contribution in [2.24, 2.45) is 5.73 Å². The van der Waals surface area contributed by atoms with Crippen molar-refractivity contribution in [2.45, 2.75) is 19.3 Å². The van der Waals surface area contributed by atoms with Gasteiger partial charge in [-0.15, -0.1) is 0 Å². The maximum Gasteiger partial charge on any atom is 0.0388 e. The molecular weight excluding hydrogens is 294 g/mol. The third-order valence-electron chi connectivity index (χ3n) is 4.39.